The van der Waals surface area contributed by atoms with Gasteiger partial charge in [-0.15, -0.1) is 0 Å². The number of amides is 1. The van der Waals surface area contributed by atoms with Crippen molar-refractivity contribution in [3.63, 3.8) is 0 Å². The number of hydrogen-bond donors (Lipinski definition) is 3. The van der Waals surface area contributed by atoms with Crippen LogP contribution in [0.15, 0.2) is 24.3 Å². The Kier molecular flexibility index (Phi) is 5.51. The lowest BCUT2D eigenvalue weighted by molar-refractivity contribution is -0.125. The molecule has 0 radical (unpaired) electrons. The van der Waals surface area contributed by atoms with Crippen molar-refractivity contribution in [2.45, 2.75) is 39.7 Å². The molecule has 1 unspecified atom stereocenters. The van der Waals surface area contributed by atoms with Crippen LogP contribution in [0.1, 0.15) is 45.3 Å². The van der Waals surface area contributed by atoms with Crippen molar-refractivity contribution in [2.75, 3.05) is 11.9 Å². The Bertz CT molecular complexity index is 418. The lowest BCUT2D eigenvalue weighted by Crippen LogP contribution is -2.41. The molecule has 0 saturated heterocycles. The SMILES string of the molecule is CCC(CC)(CN)C(=O)Nc1ccccc1C(C)O. The van der Waals surface area contributed by atoms with Crippen LogP contribution in [0.3, 0.4) is 0 Å². The van der Waals surface area contributed by atoms with E-state index in [1.807, 2.05) is 32.0 Å². The summed E-state index contributed by atoms with van der Waals surface area (Å²) in [5, 5.41) is 12.6. The number of anilines is 1. The van der Waals surface area contributed by atoms with Gasteiger partial charge >= 0.3 is 0 Å². The third kappa shape index (κ3) is 3.33. The van der Waals surface area contributed by atoms with Gasteiger partial charge in [0, 0.05) is 17.8 Å². The number of carbonyl (C=O) groups is 1. The first-order chi connectivity index (χ1) is 9.00. The molecule has 1 atom stereocenters. The maximum Gasteiger partial charge on any atom is 0.231 e. The van der Waals surface area contributed by atoms with Gasteiger partial charge in [0.15, 0.2) is 0 Å². The Morgan fingerprint density at radius 2 is 1.95 bits per heavy atom. The van der Waals surface area contributed by atoms with Crippen molar-refractivity contribution in [1.82, 2.24) is 0 Å². The van der Waals surface area contributed by atoms with Crippen molar-refractivity contribution >= 4 is 11.6 Å². The molecule has 1 aromatic carbocycles. The Morgan fingerprint density at radius 1 is 1.37 bits per heavy atom. The molecule has 0 aliphatic heterocycles. The van der Waals surface area contributed by atoms with Gasteiger partial charge in [-0.25, -0.2) is 0 Å². The van der Waals surface area contributed by atoms with Crippen LogP contribution in [0.4, 0.5) is 5.69 Å². The first kappa shape index (κ1) is 15.7. The fraction of sp³-hybridized carbons (Fsp3) is 0.533. The topological polar surface area (TPSA) is 75.4 Å². The van der Waals surface area contributed by atoms with Crippen LogP contribution >= 0.6 is 0 Å². The van der Waals surface area contributed by atoms with Crippen molar-refractivity contribution in [2.24, 2.45) is 11.1 Å². The Hall–Kier alpha value is -1.39. The van der Waals surface area contributed by atoms with Gasteiger partial charge in [0.2, 0.25) is 5.91 Å². The zero-order chi connectivity index (χ0) is 14.5. The van der Waals surface area contributed by atoms with E-state index in [1.165, 1.54) is 0 Å². The second-order valence-corrected chi connectivity index (χ2v) is 4.91. The molecule has 0 saturated carbocycles. The summed E-state index contributed by atoms with van der Waals surface area (Å²) in [4.78, 5) is 12.4. The molecule has 106 valence electrons. The average molecular weight is 264 g/mol. The normalized spacial score (nSPS) is 13.1. The minimum atomic E-state index is -0.618. The minimum Gasteiger partial charge on any atom is -0.389 e. The average Bonchev–Trinajstić information content (AvgIpc) is 2.41. The van der Waals surface area contributed by atoms with Crippen molar-refractivity contribution in [3.05, 3.63) is 29.8 Å². The van der Waals surface area contributed by atoms with Gasteiger partial charge in [-0.3, -0.25) is 4.79 Å². The summed E-state index contributed by atoms with van der Waals surface area (Å²) >= 11 is 0. The van der Waals surface area contributed by atoms with Crippen LogP contribution in [0.5, 0.6) is 0 Å². The standard InChI is InChI=1S/C15H24N2O2/c1-4-15(5-2,10-16)14(19)17-13-9-7-6-8-12(13)11(3)18/h6-9,11,18H,4-5,10,16H2,1-3H3,(H,17,19). The summed E-state index contributed by atoms with van der Waals surface area (Å²) < 4.78 is 0. The third-order valence-corrected chi connectivity index (χ3v) is 3.89. The summed E-state index contributed by atoms with van der Waals surface area (Å²) in [6.07, 6.45) is 0.776. The van der Waals surface area contributed by atoms with E-state index in [0.717, 1.165) is 0 Å². The molecule has 0 bridgehead atoms. The smallest absolute Gasteiger partial charge is 0.231 e. The zero-order valence-electron chi connectivity index (χ0n) is 11.9. The molecular formula is C15H24N2O2. The van der Waals surface area contributed by atoms with E-state index < -0.39 is 11.5 Å². The molecule has 0 spiro atoms. The number of nitrogens with one attached hydrogen (secondary N) is 1. The number of aliphatic hydroxyl groups excluding tert-OH is 1. The van der Waals surface area contributed by atoms with Crippen LogP contribution in [-0.4, -0.2) is 17.6 Å². The number of para-hydroxylation sites is 1. The summed E-state index contributed by atoms with van der Waals surface area (Å²) in [6, 6.07) is 7.28. The number of benzene rings is 1. The molecule has 0 aromatic heterocycles. The largest absolute Gasteiger partial charge is 0.389 e. The maximum atomic E-state index is 12.4. The molecule has 0 fully saturated rings. The van der Waals surface area contributed by atoms with Crippen LogP contribution in [0, 0.1) is 5.41 Å². The highest BCUT2D eigenvalue weighted by atomic mass is 16.3. The van der Waals surface area contributed by atoms with Crippen LogP contribution < -0.4 is 11.1 Å². The lowest BCUT2D eigenvalue weighted by Gasteiger charge is -2.29. The summed E-state index contributed by atoms with van der Waals surface area (Å²) in [5.74, 6) is -0.0758. The first-order valence-corrected chi connectivity index (χ1v) is 6.79. The fourth-order valence-electron chi connectivity index (χ4n) is 2.18. The minimum absolute atomic E-state index is 0.0758. The zero-order valence-corrected chi connectivity index (χ0v) is 11.9. The van der Waals surface area contributed by atoms with Crippen molar-refractivity contribution < 1.29 is 9.90 Å². The number of hydrogen-bond acceptors (Lipinski definition) is 3. The van der Waals surface area contributed by atoms with E-state index in [1.54, 1.807) is 13.0 Å². The summed E-state index contributed by atoms with van der Waals surface area (Å²) in [5.41, 5.74) is 6.61. The maximum absolute atomic E-state index is 12.4. The van der Waals surface area contributed by atoms with E-state index in [2.05, 4.69) is 5.32 Å². The van der Waals surface area contributed by atoms with Crippen molar-refractivity contribution in [3.8, 4) is 0 Å². The molecule has 1 aromatic rings. The highest BCUT2D eigenvalue weighted by molar-refractivity contribution is 5.96. The Balaban J connectivity index is 2.99. The van der Waals surface area contributed by atoms with Gasteiger partial charge in [0.1, 0.15) is 0 Å². The van der Waals surface area contributed by atoms with Crippen LogP contribution in [0.2, 0.25) is 0 Å². The van der Waals surface area contributed by atoms with Crippen LogP contribution in [-0.2, 0) is 4.79 Å². The molecule has 19 heavy (non-hydrogen) atoms. The molecule has 0 aliphatic rings. The third-order valence-electron chi connectivity index (χ3n) is 3.89. The van der Waals surface area contributed by atoms with Gasteiger partial charge in [-0.1, -0.05) is 32.0 Å². The van der Waals surface area contributed by atoms with Gasteiger partial charge < -0.3 is 16.2 Å². The second-order valence-electron chi connectivity index (χ2n) is 4.91. The number of aliphatic hydroxyl groups is 1. The Labute approximate surface area is 115 Å². The van der Waals surface area contributed by atoms with Gasteiger partial charge in [-0.05, 0) is 25.8 Å². The summed E-state index contributed by atoms with van der Waals surface area (Å²) in [7, 11) is 0. The van der Waals surface area contributed by atoms with Gasteiger partial charge in [0.25, 0.3) is 0 Å². The predicted molar refractivity (Wildman–Crippen MR) is 77.8 cm³/mol. The number of nitrogens with two attached hydrogens (primary N) is 1. The number of carbonyl (C=O) groups excluding carboxylic acids is 1. The van der Waals surface area contributed by atoms with Crippen LogP contribution in [0.25, 0.3) is 0 Å². The van der Waals surface area contributed by atoms with E-state index in [-0.39, 0.29) is 5.91 Å². The molecule has 1 rings (SSSR count). The molecule has 1 amide bonds. The quantitative estimate of drug-likeness (QED) is 0.738. The van der Waals surface area contributed by atoms with E-state index in [9.17, 15) is 9.90 Å². The lowest BCUT2D eigenvalue weighted by atomic mass is 9.81. The Morgan fingerprint density at radius 3 is 2.42 bits per heavy atom. The molecular weight excluding hydrogens is 240 g/mol. The van der Waals surface area contributed by atoms with Gasteiger partial charge in [-0.2, -0.15) is 0 Å². The molecule has 4 nitrogen and oxygen atoms in total. The highest BCUT2D eigenvalue weighted by Crippen LogP contribution is 2.29. The first-order valence-electron chi connectivity index (χ1n) is 6.79. The monoisotopic (exact) mass is 264 g/mol. The van der Waals surface area contributed by atoms with Crippen molar-refractivity contribution in [1.29, 1.82) is 0 Å². The predicted octanol–water partition coefficient (Wildman–Crippen LogP) is 2.44. The highest BCUT2D eigenvalue weighted by Gasteiger charge is 2.33. The second kappa shape index (κ2) is 6.68. The van der Waals surface area contributed by atoms with E-state index in [0.29, 0.717) is 30.6 Å². The number of rotatable bonds is 6. The molecule has 4 N–H and O–H groups in total. The summed E-state index contributed by atoms with van der Waals surface area (Å²) in [6.45, 7) is 5.94. The molecule has 4 heteroatoms. The molecule has 0 heterocycles. The molecule has 0 aliphatic carbocycles. The van der Waals surface area contributed by atoms with E-state index in [4.69, 9.17) is 5.73 Å². The van der Waals surface area contributed by atoms with E-state index >= 15 is 0 Å². The van der Waals surface area contributed by atoms with Gasteiger partial charge in [0.05, 0.1) is 11.5 Å². The fourth-order valence-corrected chi connectivity index (χ4v) is 2.18.